The zero-order chi connectivity index (χ0) is 9.26. The van der Waals surface area contributed by atoms with E-state index in [0.29, 0.717) is 0 Å². The first-order chi connectivity index (χ1) is 6.27. The molecule has 3 heteroatoms. The third-order valence-electron chi connectivity index (χ3n) is 2.28. The summed E-state index contributed by atoms with van der Waals surface area (Å²) in [6.07, 6.45) is 0. The smallest absolute Gasteiger partial charge is 0.168 e. The van der Waals surface area contributed by atoms with E-state index in [9.17, 15) is 4.79 Å². The Morgan fingerprint density at radius 3 is 2.38 bits per heavy atom. The van der Waals surface area contributed by atoms with Crippen LogP contribution < -0.4 is 5.32 Å². The summed E-state index contributed by atoms with van der Waals surface area (Å²) in [7, 11) is 0. The zero-order valence-corrected chi connectivity index (χ0v) is 8.67. The highest BCUT2D eigenvalue weighted by atomic mass is 79.9. The fourth-order valence-electron chi connectivity index (χ4n) is 1.32. The lowest BCUT2D eigenvalue weighted by molar-refractivity contribution is 0.0878. The summed E-state index contributed by atoms with van der Waals surface area (Å²) < 4.78 is 1.01. The highest BCUT2D eigenvalue weighted by molar-refractivity contribution is 9.10. The van der Waals surface area contributed by atoms with Gasteiger partial charge in [-0.05, 0) is 12.1 Å². The van der Waals surface area contributed by atoms with E-state index >= 15 is 0 Å². The van der Waals surface area contributed by atoms with E-state index in [1.807, 2.05) is 24.3 Å². The lowest BCUT2D eigenvalue weighted by Crippen LogP contribution is -2.46. The molecule has 0 amide bonds. The second-order valence-electron chi connectivity index (χ2n) is 3.23. The highest BCUT2D eigenvalue weighted by Gasteiger charge is 2.25. The van der Waals surface area contributed by atoms with E-state index in [1.54, 1.807) is 0 Å². The second-order valence-corrected chi connectivity index (χ2v) is 4.14. The van der Waals surface area contributed by atoms with Crippen molar-refractivity contribution in [2.75, 3.05) is 13.1 Å². The number of carbonyl (C=O) groups excluding carboxylic acids is 1. The van der Waals surface area contributed by atoms with Crippen LogP contribution in [0, 0.1) is 5.92 Å². The van der Waals surface area contributed by atoms with Crippen LogP contribution in [0.4, 0.5) is 0 Å². The minimum Gasteiger partial charge on any atom is -0.315 e. The van der Waals surface area contributed by atoms with Crippen LogP contribution in [-0.2, 0) is 0 Å². The topological polar surface area (TPSA) is 29.1 Å². The Labute approximate surface area is 85.5 Å². The Balaban J connectivity index is 2.15. The largest absolute Gasteiger partial charge is 0.315 e. The van der Waals surface area contributed by atoms with Crippen LogP contribution in [0.1, 0.15) is 10.4 Å². The van der Waals surface area contributed by atoms with Crippen LogP contribution in [0.2, 0.25) is 0 Å². The maximum absolute atomic E-state index is 11.7. The van der Waals surface area contributed by atoms with Crippen molar-refractivity contribution in [1.82, 2.24) is 5.32 Å². The summed E-state index contributed by atoms with van der Waals surface area (Å²) in [5.41, 5.74) is 0.815. The van der Waals surface area contributed by atoms with E-state index in [1.165, 1.54) is 0 Å². The van der Waals surface area contributed by atoms with Crippen molar-refractivity contribution in [3.8, 4) is 0 Å². The van der Waals surface area contributed by atoms with Gasteiger partial charge in [-0.25, -0.2) is 0 Å². The number of ketones is 1. The molecule has 13 heavy (non-hydrogen) atoms. The summed E-state index contributed by atoms with van der Waals surface area (Å²) in [6.45, 7) is 1.66. The van der Waals surface area contributed by atoms with Gasteiger partial charge in [0.1, 0.15) is 0 Å². The van der Waals surface area contributed by atoms with Gasteiger partial charge in [0.25, 0.3) is 0 Å². The SMILES string of the molecule is O=C(c1ccc(Br)cc1)C1CNC1. The molecule has 0 saturated carbocycles. The maximum atomic E-state index is 11.7. The van der Waals surface area contributed by atoms with Crippen molar-refractivity contribution in [1.29, 1.82) is 0 Å². The van der Waals surface area contributed by atoms with E-state index < -0.39 is 0 Å². The van der Waals surface area contributed by atoms with Crippen LogP contribution in [0.3, 0.4) is 0 Å². The average Bonchev–Trinajstić information content (AvgIpc) is 2.02. The summed E-state index contributed by atoms with van der Waals surface area (Å²) in [5, 5.41) is 3.09. The number of nitrogens with one attached hydrogen (secondary N) is 1. The quantitative estimate of drug-likeness (QED) is 0.799. The molecule has 0 aromatic heterocycles. The van der Waals surface area contributed by atoms with Crippen molar-refractivity contribution in [3.63, 3.8) is 0 Å². The molecular formula is C10H10BrNO. The Morgan fingerprint density at radius 2 is 1.92 bits per heavy atom. The molecule has 1 fully saturated rings. The lowest BCUT2D eigenvalue weighted by atomic mass is 9.93. The van der Waals surface area contributed by atoms with Crippen LogP contribution >= 0.6 is 15.9 Å². The summed E-state index contributed by atoms with van der Waals surface area (Å²) in [6, 6.07) is 7.54. The predicted molar refractivity (Wildman–Crippen MR) is 54.8 cm³/mol. The maximum Gasteiger partial charge on any atom is 0.168 e. The molecule has 1 aliphatic heterocycles. The van der Waals surface area contributed by atoms with E-state index in [4.69, 9.17) is 0 Å². The zero-order valence-electron chi connectivity index (χ0n) is 7.09. The number of rotatable bonds is 2. The fourth-order valence-corrected chi connectivity index (χ4v) is 1.59. The van der Waals surface area contributed by atoms with Gasteiger partial charge in [-0.2, -0.15) is 0 Å². The third-order valence-corrected chi connectivity index (χ3v) is 2.81. The Bertz CT molecular complexity index is 316. The lowest BCUT2D eigenvalue weighted by Gasteiger charge is -2.25. The molecule has 0 spiro atoms. The predicted octanol–water partition coefficient (Wildman–Crippen LogP) is 1.85. The van der Waals surface area contributed by atoms with Crippen molar-refractivity contribution in [2.45, 2.75) is 0 Å². The van der Waals surface area contributed by atoms with Gasteiger partial charge in [0.2, 0.25) is 0 Å². The van der Waals surface area contributed by atoms with Crippen molar-refractivity contribution in [2.24, 2.45) is 5.92 Å². The molecule has 1 N–H and O–H groups in total. The molecule has 1 aromatic rings. The summed E-state index contributed by atoms with van der Waals surface area (Å²) >= 11 is 3.34. The molecule has 0 unspecified atom stereocenters. The number of carbonyl (C=O) groups is 1. The van der Waals surface area contributed by atoms with Crippen molar-refractivity contribution >= 4 is 21.7 Å². The standard InChI is InChI=1S/C10H10BrNO/c11-9-3-1-7(2-4-9)10(13)8-5-12-6-8/h1-4,8,12H,5-6H2. The molecule has 0 bridgehead atoms. The number of Topliss-reactive ketones (excluding diaryl/α,β-unsaturated/α-hetero) is 1. The van der Waals surface area contributed by atoms with E-state index in [-0.39, 0.29) is 11.7 Å². The molecule has 1 aromatic carbocycles. The first kappa shape index (κ1) is 8.91. The molecule has 68 valence electrons. The first-order valence-corrected chi connectivity index (χ1v) is 5.07. The number of benzene rings is 1. The Hall–Kier alpha value is -0.670. The minimum absolute atomic E-state index is 0.196. The molecule has 1 aliphatic rings. The summed E-state index contributed by atoms with van der Waals surface area (Å²) in [5.74, 6) is 0.451. The van der Waals surface area contributed by atoms with Crippen molar-refractivity contribution in [3.05, 3.63) is 34.3 Å². The summed E-state index contributed by atoms with van der Waals surface area (Å²) in [4.78, 5) is 11.7. The van der Waals surface area contributed by atoms with Crippen LogP contribution in [0.5, 0.6) is 0 Å². The van der Waals surface area contributed by atoms with Crippen molar-refractivity contribution < 1.29 is 4.79 Å². The molecule has 2 rings (SSSR count). The second kappa shape index (κ2) is 3.60. The van der Waals surface area contributed by atoms with Crippen LogP contribution in [0.25, 0.3) is 0 Å². The molecular weight excluding hydrogens is 230 g/mol. The Kier molecular flexibility index (Phi) is 2.47. The van der Waals surface area contributed by atoms with Gasteiger partial charge in [-0.15, -0.1) is 0 Å². The number of halogens is 1. The normalized spacial score (nSPS) is 16.7. The molecule has 0 aliphatic carbocycles. The van der Waals surface area contributed by atoms with Crippen LogP contribution in [0.15, 0.2) is 28.7 Å². The fraction of sp³-hybridized carbons (Fsp3) is 0.300. The third kappa shape index (κ3) is 1.81. The molecule has 0 atom stereocenters. The number of hydrogen-bond donors (Lipinski definition) is 1. The van der Waals surface area contributed by atoms with E-state index in [0.717, 1.165) is 23.1 Å². The van der Waals surface area contributed by atoms with Gasteiger partial charge < -0.3 is 5.32 Å². The molecule has 1 saturated heterocycles. The van der Waals surface area contributed by atoms with Crippen LogP contribution in [-0.4, -0.2) is 18.9 Å². The van der Waals surface area contributed by atoms with Gasteiger partial charge in [0, 0.05) is 29.0 Å². The average molecular weight is 240 g/mol. The highest BCUT2D eigenvalue weighted by Crippen LogP contribution is 2.15. The van der Waals surface area contributed by atoms with E-state index in [2.05, 4.69) is 21.2 Å². The van der Waals surface area contributed by atoms with Gasteiger partial charge in [0.05, 0.1) is 0 Å². The molecule has 0 radical (unpaired) electrons. The monoisotopic (exact) mass is 239 g/mol. The van der Waals surface area contributed by atoms with Gasteiger partial charge in [-0.1, -0.05) is 28.1 Å². The first-order valence-electron chi connectivity index (χ1n) is 4.28. The van der Waals surface area contributed by atoms with Gasteiger partial charge >= 0.3 is 0 Å². The van der Waals surface area contributed by atoms with Gasteiger partial charge in [0.15, 0.2) is 5.78 Å². The molecule has 1 heterocycles. The Morgan fingerprint density at radius 1 is 1.31 bits per heavy atom. The number of hydrogen-bond acceptors (Lipinski definition) is 2. The minimum atomic E-state index is 0.196. The van der Waals surface area contributed by atoms with Gasteiger partial charge in [-0.3, -0.25) is 4.79 Å². The molecule has 2 nitrogen and oxygen atoms in total.